The van der Waals surface area contributed by atoms with E-state index in [2.05, 4.69) is 34.6 Å². The molecule has 1 atom stereocenters. The summed E-state index contributed by atoms with van der Waals surface area (Å²) in [5.74, 6) is 1.62. The Morgan fingerprint density at radius 2 is 1.94 bits per heavy atom. The average molecular weight is 459 g/mol. The summed E-state index contributed by atoms with van der Waals surface area (Å²) in [6.07, 6.45) is 0.725. The van der Waals surface area contributed by atoms with Gasteiger partial charge in [-0.05, 0) is 62.6 Å². The molecule has 1 aromatic heterocycles. The van der Waals surface area contributed by atoms with Gasteiger partial charge in [0.2, 0.25) is 5.91 Å². The fourth-order valence-electron chi connectivity index (χ4n) is 3.12. The fourth-order valence-corrected chi connectivity index (χ4v) is 4.11. The lowest BCUT2D eigenvalue weighted by atomic mass is 10.2. The van der Waals surface area contributed by atoms with Gasteiger partial charge in [-0.2, -0.15) is 0 Å². The predicted octanol–water partition coefficient (Wildman–Crippen LogP) is 5.69. The van der Waals surface area contributed by atoms with Crippen LogP contribution in [0.2, 0.25) is 5.02 Å². The molecule has 1 heterocycles. The lowest BCUT2D eigenvalue weighted by Gasteiger charge is -2.16. The largest absolute Gasteiger partial charge is 0.483 e. The third kappa shape index (κ3) is 5.80. The third-order valence-electron chi connectivity index (χ3n) is 4.94. The van der Waals surface area contributed by atoms with Crippen LogP contribution < -0.4 is 10.1 Å². The van der Waals surface area contributed by atoms with Gasteiger partial charge in [0.05, 0.1) is 5.75 Å². The molecule has 1 amide bonds. The maximum absolute atomic E-state index is 12.4. The van der Waals surface area contributed by atoms with Crippen molar-refractivity contribution in [3.05, 3.63) is 64.4 Å². The number of ether oxygens (including phenoxy) is 1. The zero-order valence-corrected chi connectivity index (χ0v) is 19.8. The number of anilines is 1. The highest BCUT2D eigenvalue weighted by Gasteiger charge is 2.19. The van der Waals surface area contributed by atoms with Crippen molar-refractivity contribution in [2.24, 2.45) is 0 Å². The molecule has 3 aromatic rings. The summed E-state index contributed by atoms with van der Waals surface area (Å²) in [5, 5.41) is 12.8. The molecule has 0 saturated carbocycles. The van der Waals surface area contributed by atoms with E-state index in [1.807, 2.05) is 49.6 Å². The van der Waals surface area contributed by atoms with Crippen LogP contribution in [0.3, 0.4) is 0 Å². The first kappa shape index (κ1) is 23.2. The Labute approximate surface area is 192 Å². The fraction of sp³-hybridized carbons (Fsp3) is 0.348. The molecule has 0 radical (unpaired) electrons. The van der Waals surface area contributed by atoms with E-state index in [1.165, 1.54) is 17.3 Å². The summed E-state index contributed by atoms with van der Waals surface area (Å²) in [4.78, 5) is 12.4. The highest BCUT2D eigenvalue weighted by atomic mass is 35.5. The molecule has 31 heavy (non-hydrogen) atoms. The van der Waals surface area contributed by atoms with Crippen molar-refractivity contribution >= 4 is 35.0 Å². The second kappa shape index (κ2) is 10.7. The van der Waals surface area contributed by atoms with Crippen LogP contribution in [0.25, 0.3) is 0 Å². The number of halogens is 1. The molecule has 1 unspecified atom stereocenters. The van der Waals surface area contributed by atoms with Crippen molar-refractivity contribution in [3.63, 3.8) is 0 Å². The Morgan fingerprint density at radius 3 is 2.61 bits per heavy atom. The highest BCUT2D eigenvalue weighted by Crippen LogP contribution is 2.26. The monoisotopic (exact) mass is 458 g/mol. The van der Waals surface area contributed by atoms with Gasteiger partial charge < -0.3 is 14.6 Å². The zero-order valence-electron chi connectivity index (χ0n) is 18.2. The number of carbonyl (C=O) groups is 1. The van der Waals surface area contributed by atoms with Crippen LogP contribution in [0, 0.1) is 6.92 Å². The van der Waals surface area contributed by atoms with Crippen molar-refractivity contribution in [3.8, 4) is 5.75 Å². The molecule has 2 aromatic carbocycles. The second-order valence-corrected chi connectivity index (χ2v) is 8.44. The zero-order chi connectivity index (χ0) is 22.4. The molecule has 3 rings (SSSR count). The smallest absolute Gasteiger partial charge is 0.234 e. The SMILES string of the molecule is CCc1ccc(OC(C)c2nnc(SCC(=O)Nc3cccc(Cl)c3C)n2CC)cc1. The Bertz CT molecular complexity index is 1040. The number of nitrogens with one attached hydrogen (secondary N) is 1. The standard InChI is InChI=1S/C23H27ClN4O2S/c1-5-17-10-12-18(13-11-17)30-16(4)22-26-27-23(28(22)6-2)31-14-21(29)25-20-9-7-8-19(24)15(20)3/h7-13,16H,5-6,14H2,1-4H3,(H,25,29). The van der Waals surface area contributed by atoms with Gasteiger partial charge in [-0.25, -0.2) is 0 Å². The number of hydrogen-bond donors (Lipinski definition) is 1. The summed E-state index contributed by atoms with van der Waals surface area (Å²) in [6.45, 7) is 8.66. The number of aromatic nitrogens is 3. The molecule has 1 N–H and O–H groups in total. The molecular formula is C23H27ClN4O2S. The molecule has 0 saturated heterocycles. The summed E-state index contributed by atoms with van der Waals surface area (Å²) in [7, 11) is 0. The minimum absolute atomic E-state index is 0.122. The number of carbonyl (C=O) groups excluding carboxylic acids is 1. The van der Waals surface area contributed by atoms with Gasteiger partial charge >= 0.3 is 0 Å². The van der Waals surface area contributed by atoms with E-state index in [0.717, 1.165) is 23.6 Å². The predicted molar refractivity (Wildman–Crippen MR) is 126 cm³/mol. The van der Waals surface area contributed by atoms with Gasteiger partial charge in [-0.1, -0.05) is 48.5 Å². The van der Waals surface area contributed by atoms with E-state index in [0.29, 0.717) is 22.4 Å². The Kier molecular flexibility index (Phi) is 7.98. The first-order valence-electron chi connectivity index (χ1n) is 10.3. The molecule has 164 valence electrons. The van der Waals surface area contributed by atoms with Crippen LogP contribution in [-0.2, 0) is 17.8 Å². The van der Waals surface area contributed by atoms with Gasteiger partial charge in [0.15, 0.2) is 17.1 Å². The van der Waals surface area contributed by atoms with Gasteiger partial charge in [-0.3, -0.25) is 4.79 Å². The number of thioether (sulfide) groups is 1. The number of rotatable bonds is 9. The molecular weight excluding hydrogens is 432 g/mol. The van der Waals surface area contributed by atoms with E-state index < -0.39 is 0 Å². The Morgan fingerprint density at radius 1 is 1.19 bits per heavy atom. The lowest BCUT2D eigenvalue weighted by Crippen LogP contribution is -2.16. The Hall–Kier alpha value is -2.51. The topological polar surface area (TPSA) is 69.0 Å². The van der Waals surface area contributed by atoms with Crippen molar-refractivity contribution in [1.82, 2.24) is 14.8 Å². The molecule has 0 aliphatic carbocycles. The van der Waals surface area contributed by atoms with Crippen LogP contribution in [0.4, 0.5) is 5.69 Å². The molecule has 0 bridgehead atoms. The average Bonchev–Trinajstić information content (AvgIpc) is 3.19. The minimum atomic E-state index is -0.266. The number of amides is 1. The van der Waals surface area contributed by atoms with Crippen molar-refractivity contribution in [1.29, 1.82) is 0 Å². The van der Waals surface area contributed by atoms with E-state index in [4.69, 9.17) is 16.3 Å². The molecule has 0 spiro atoms. The number of aryl methyl sites for hydroxylation is 1. The summed E-state index contributed by atoms with van der Waals surface area (Å²) < 4.78 is 8.04. The quantitative estimate of drug-likeness (QED) is 0.417. The van der Waals surface area contributed by atoms with Crippen molar-refractivity contribution in [2.45, 2.75) is 51.9 Å². The van der Waals surface area contributed by atoms with Crippen LogP contribution in [-0.4, -0.2) is 26.4 Å². The van der Waals surface area contributed by atoms with Gasteiger partial charge in [0.1, 0.15) is 5.75 Å². The first-order chi connectivity index (χ1) is 14.9. The van der Waals surface area contributed by atoms with Crippen molar-refractivity contribution < 1.29 is 9.53 Å². The van der Waals surface area contributed by atoms with Crippen LogP contribution in [0.5, 0.6) is 5.75 Å². The van der Waals surface area contributed by atoms with Gasteiger partial charge in [0.25, 0.3) is 0 Å². The van der Waals surface area contributed by atoms with Crippen LogP contribution in [0.15, 0.2) is 47.6 Å². The van der Waals surface area contributed by atoms with E-state index in [-0.39, 0.29) is 17.8 Å². The normalized spacial score (nSPS) is 11.9. The molecule has 0 aliphatic rings. The number of benzene rings is 2. The lowest BCUT2D eigenvalue weighted by molar-refractivity contribution is -0.113. The Balaban J connectivity index is 1.63. The maximum atomic E-state index is 12.4. The highest BCUT2D eigenvalue weighted by molar-refractivity contribution is 7.99. The van der Waals surface area contributed by atoms with E-state index >= 15 is 0 Å². The minimum Gasteiger partial charge on any atom is -0.483 e. The summed E-state index contributed by atoms with van der Waals surface area (Å²) in [6, 6.07) is 13.5. The third-order valence-corrected chi connectivity index (χ3v) is 6.32. The van der Waals surface area contributed by atoms with E-state index in [9.17, 15) is 4.79 Å². The number of nitrogens with zero attached hydrogens (tertiary/aromatic N) is 3. The summed E-state index contributed by atoms with van der Waals surface area (Å²) in [5.41, 5.74) is 2.83. The van der Waals surface area contributed by atoms with Gasteiger partial charge in [-0.15, -0.1) is 10.2 Å². The number of hydrogen-bond acceptors (Lipinski definition) is 5. The first-order valence-corrected chi connectivity index (χ1v) is 11.7. The summed E-state index contributed by atoms with van der Waals surface area (Å²) >= 11 is 7.47. The van der Waals surface area contributed by atoms with Crippen LogP contribution in [0.1, 0.15) is 43.8 Å². The maximum Gasteiger partial charge on any atom is 0.234 e. The molecule has 6 nitrogen and oxygen atoms in total. The molecule has 0 fully saturated rings. The van der Waals surface area contributed by atoms with Crippen LogP contribution >= 0.6 is 23.4 Å². The second-order valence-electron chi connectivity index (χ2n) is 7.09. The molecule has 8 heteroatoms. The van der Waals surface area contributed by atoms with E-state index in [1.54, 1.807) is 6.07 Å². The molecule has 0 aliphatic heterocycles. The van der Waals surface area contributed by atoms with Crippen molar-refractivity contribution in [2.75, 3.05) is 11.1 Å². The van der Waals surface area contributed by atoms with Gasteiger partial charge in [0, 0.05) is 17.3 Å².